The summed E-state index contributed by atoms with van der Waals surface area (Å²) in [5, 5.41) is 8.86. The van der Waals surface area contributed by atoms with Gasteiger partial charge >= 0.3 is 0 Å². The second-order valence-corrected chi connectivity index (χ2v) is 2.16. The Hall–Kier alpha value is -1.65. The lowest BCUT2D eigenvalue weighted by Gasteiger charge is -1.94. The molecule has 0 spiro atoms. The molecule has 1 amide bonds. The smallest absolute Gasteiger partial charge is 0.272 e. The number of nitrogens with one attached hydrogen (secondary N) is 2. The van der Waals surface area contributed by atoms with Gasteiger partial charge in [-0.2, -0.15) is 5.10 Å². The van der Waals surface area contributed by atoms with Gasteiger partial charge in [-0.3, -0.25) is 14.9 Å². The minimum Gasteiger partial charge on any atom is -0.354 e. The topological polar surface area (TPSA) is 70.1 Å². The molecule has 1 aromatic heterocycles. The van der Waals surface area contributed by atoms with Gasteiger partial charge in [0.05, 0.1) is 0 Å². The molecule has 64 valence electrons. The van der Waals surface area contributed by atoms with Gasteiger partial charge in [0.1, 0.15) is 0 Å². The Bertz CT molecular complexity index is 302. The molecule has 0 aromatic carbocycles. The van der Waals surface area contributed by atoms with Crippen molar-refractivity contribution < 1.29 is 4.79 Å². The quantitative estimate of drug-likeness (QED) is 0.598. The van der Waals surface area contributed by atoms with Crippen molar-refractivity contribution in [3.8, 4) is 0 Å². The highest BCUT2D eigenvalue weighted by Gasteiger charge is 2.10. The fraction of sp³-hybridized carbons (Fsp3) is 0.286. The summed E-state index contributed by atoms with van der Waals surface area (Å²) >= 11 is 0. The summed E-state index contributed by atoms with van der Waals surface area (Å²) in [6.45, 7) is 0. The lowest BCUT2D eigenvalue weighted by molar-refractivity contribution is 0.0958. The summed E-state index contributed by atoms with van der Waals surface area (Å²) in [6, 6.07) is 0. The number of hydrogen-bond donors (Lipinski definition) is 2. The fourth-order valence-electron chi connectivity index (χ4n) is 0.837. The van der Waals surface area contributed by atoms with Crippen molar-refractivity contribution in [3.05, 3.63) is 17.5 Å². The van der Waals surface area contributed by atoms with E-state index in [0.717, 1.165) is 0 Å². The molecular weight excluding hydrogens is 156 g/mol. The maximum absolute atomic E-state index is 11.1. The second-order valence-electron chi connectivity index (χ2n) is 2.16. The van der Waals surface area contributed by atoms with Crippen LogP contribution in [-0.2, 0) is 0 Å². The van der Waals surface area contributed by atoms with Crippen LogP contribution in [0.3, 0.4) is 0 Å². The summed E-state index contributed by atoms with van der Waals surface area (Å²) in [5.74, 6) is -0.217. The van der Waals surface area contributed by atoms with Gasteiger partial charge in [0.15, 0.2) is 5.69 Å². The van der Waals surface area contributed by atoms with Crippen molar-refractivity contribution in [3.63, 3.8) is 0 Å². The van der Waals surface area contributed by atoms with E-state index in [1.54, 1.807) is 26.5 Å². The Balaban J connectivity index is 2.98. The van der Waals surface area contributed by atoms with E-state index >= 15 is 0 Å². The lowest BCUT2D eigenvalue weighted by atomic mass is 10.2. The van der Waals surface area contributed by atoms with E-state index in [0.29, 0.717) is 11.3 Å². The van der Waals surface area contributed by atoms with Gasteiger partial charge < -0.3 is 5.32 Å². The first-order chi connectivity index (χ1) is 5.79. The number of rotatable bonds is 2. The molecule has 12 heavy (non-hydrogen) atoms. The number of aliphatic imine (C=N–C) groups is 1. The predicted octanol–water partition coefficient (Wildman–Crippen LogP) is -0.182. The van der Waals surface area contributed by atoms with E-state index in [9.17, 15) is 4.79 Å². The lowest BCUT2D eigenvalue weighted by Crippen LogP contribution is -2.19. The molecule has 5 nitrogen and oxygen atoms in total. The fourth-order valence-corrected chi connectivity index (χ4v) is 0.837. The van der Waals surface area contributed by atoms with Gasteiger partial charge in [0.25, 0.3) is 5.91 Å². The molecule has 1 aromatic rings. The molecule has 2 N–H and O–H groups in total. The van der Waals surface area contributed by atoms with Crippen molar-refractivity contribution in [1.82, 2.24) is 15.5 Å². The third-order valence-electron chi connectivity index (χ3n) is 1.38. The van der Waals surface area contributed by atoms with E-state index in [4.69, 9.17) is 0 Å². The van der Waals surface area contributed by atoms with Crippen molar-refractivity contribution in [2.75, 3.05) is 14.1 Å². The van der Waals surface area contributed by atoms with Crippen LogP contribution in [0, 0.1) is 0 Å². The Labute approximate surface area is 69.9 Å². The highest BCUT2D eigenvalue weighted by Crippen LogP contribution is 2.00. The van der Waals surface area contributed by atoms with Crippen LogP contribution < -0.4 is 5.32 Å². The Kier molecular flexibility index (Phi) is 2.57. The van der Waals surface area contributed by atoms with E-state index in [2.05, 4.69) is 20.5 Å². The van der Waals surface area contributed by atoms with Crippen molar-refractivity contribution >= 4 is 12.1 Å². The number of carbonyl (C=O) groups is 1. The Morgan fingerprint density at radius 1 is 1.83 bits per heavy atom. The Morgan fingerprint density at radius 2 is 2.58 bits per heavy atom. The number of aromatic nitrogens is 2. The molecule has 0 aliphatic heterocycles. The number of carbonyl (C=O) groups excluding carboxylic acids is 1. The second kappa shape index (κ2) is 3.66. The highest BCUT2D eigenvalue weighted by atomic mass is 16.1. The van der Waals surface area contributed by atoms with E-state index in [1.807, 2.05) is 0 Å². The zero-order valence-corrected chi connectivity index (χ0v) is 6.96. The van der Waals surface area contributed by atoms with Crippen molar-refractivity contribution in [2.24, 2.45) is 4.99 Å². The number of nitrogens with zero attached hydrogens (tertiary/aromatic N) is 2. The maximum Gasteiger partial charge on any atom is 0.272 e. The van der Waals surface area contributed by atoms with Gasteiger partial charge in [-0.05, 0) is 0 Å². The first-order valence-corrected chi connectivity index (χ1v) is 3.47. The van der Waals surface area contributed by atoms with Crippen LogP contribution in [0.2, 0.25) is 0 Å². The number of hydrogen-bond acceptors (Lipinski definition) is 3. The van der Waals surface area contributed by atoms with Gasteiger partial charge in [-0.15, -0.1) is 0 Å². The third-order valence-corrected chi connectivity index (χ3v) is 1.38. The third kappa shape index (κ3) is 1.50. The molecule has 0 radical (unpaired) electrons. The molecule has 1 rings (SSSR count). The zero-order chi connectivity index (χ0) is 8.97. The SMILES string of the molecule is C/N=C/c1c[nH]nc1C(=O)NC. The van der Waals surface area contributed by atoms with Crippen LogP contribution in [0.5, 0.6) is 0 Å². The molecule has 0 saturated heterocycles. The van der Waals surface area contributed by atoms with Crippen LogP contribution in [-0.4, -0.2) is 36.4 Å². The normalized spacial score (nSPS) is 10.5. The summed E-state index contributed by atoms with van der Waals surface area (Å²) in [5.41, 5.74) is 1.06. The predicted molar refractivity (Wildman–Crippen MR) is 45.5 cm³/mol. The van der Waals surface area contributed by atoms with E-state index < -0.39 is 0 Å². The van der Waals surface area contributed by atoms with Gasteiger partial charge in [0, 0.05) is 32.1 Å². The molecule has 0 aliphatic carbocycles. The molecule has 0 bridgehead atoms. The molecule has 5 heteroatoms. The van der Waals surface area contributed by atoms with Crippen molar-refractivity contribution in [2.45, 2.75) is 0 Å². The monoisotopic (exact) mass is 166 g/mol. The molecule has 1 heterocycles. The van der Waals surface area contributed by atoms with Gasteiger partial charge in [-0.25, -0.2) is 0 Å². The average molecular weight is 166 g/mol. The molecule has 0 saturated carbocycles. The van der Waals surface area contributed by atoms with Gasteiger partial charge in [0.2, 0.25) is 0 Å². The molecular formula is C7H10N4O. The molecule has 0 aliphatic rings. The van der Waals surface area contributed by atoms with Crippen LogP contribution >= 0.6 is 0 Å². The molecule has 0 fully saturated rings. The number of amides is 1. The van der Waals surface area contributed by atoms with E-state index in [-0.39, 0.29) is 5.91 Å². The van der Waals surface area contributed by atoms with Crippen LogP contribution in [0.4, 0.5) is 0 Å². The van der Waals surface area contributed by atoms with Crippen LogP contribution in [0.1, 0.15) is 16.1 Å². The average Bonchev–Trinajstić information content (AvgIpc) is 2.52. The standard InChI is InChI=1S/C7H10N4O/c1-8-3-5-4-10-11-6(5)7(12)9-2/h3-4H,1-2H3,(H,9,12)(H,10,11)/b8-3+. The van der Waals surface area contributed by atoms with Crippen molar-refractivity contribution in [1.29, 1.82) is 0 Å². The summed E-state index contributed by atoms with van der Waals surface area (Å²) in [6.07, 6.45) is 3.20. The number of H-pyrrole nitrogens is 1. The summed E-state index contributed by atoms with van der Waals surface area (Å²) < 4.78 is 0. The molecule has 0 unspecified atom stereocenters. The largest absolute Gasteiger partial charge is 0.354 e. The van der Waals surface area contributed by atoms with Crippen LogP contribution in [0.15, 0.2) is 11.2 Å². The first-order valence-electron chi connectivity index (χ1n) is 3.47. The summed E-state index contributed by atoms with van der Waals surface area (Å²) in [4.78, 5) is 14.9. The molecule has 0 atom stereocenters. The van der Waals surface area contributed by atoms with Gasteiger partial charge in [-0.1, -0.05) is 0 Å². The zero-order valence-electron chi connectivity index (χ0n) is 6.96. The van der Waals surface area contributed by atoms with E-state index in [1.165, 1.54) is 0 Å². The Morgan fingerprint density at radius 3 is 3.17 bits per heavy atom. The van der Waals surface area contributed by atoms with Crippen LogP contribution in [0.25, 0.3) is 0 Å². The minimum absolute atomic E-state index is 0.217. The first kappa shape index (κ1) is 8.45. The number of aromatic amines is 1. The highest BCUT2D eigenvalue weighted by molar-refractivity contribution is 6.00. The minimum atomic E-state index is -0.217. The summed E-state index contributed by atoms with van der Waals surface area (Å²) in [7, 11) is 3.20. The maximum atomic E-state index is 11.1.